The molecule has 0 radical (unpaired) electrons. The van der Waals surface area contributed by atoms with E-state index in [1.165, 1.54) is 36.3 Å². The quantitative estimate of drug-likeness (QED) is 0.842. The molecule has 18 heavy (non-hydrogen) atoms. The highest BCUT2D eigenvalue weighted by molar-refractivity contribution is 5.89. The number of carbonyl (C=O) groups excluding carboxylic acids is 1. The third-order valence-electron chi connectivity index (χ3n) is 2.42. The Bertz CT molecular complexity index is 681. The number of hydrogen-bond donors (Lipinski definition) is 1. The van der Waals surface area contributed by atoms with Crippen LogP contribution in [-0.4, -0.2) is 28.0 Å². The Morgan fingerprint density at radius 3 is 3.11 bits per heavy atom. The second-order valence-electron chi connectivity index (χ2n) is 3.52. The first kappa shape index (κ1) is 8.05. The molecule has 1 heterocycles. The first-order valence-corrected chi connectivity index (χ1v) is 5.13. The molecule has 0 spiro atoms. The van der Waals surface area contributed by atoms with Gasteiger partial charge in [-0.05, 0) is 31.1 Å². The molecule has 0 aliphatic carbocycles. The van der Waals surface area contributed by atoms with Gasteiger partial charge in [-0.1, -0.05) is 0 Å². The van der Waals surface area contributed by atoms with Gasteiger partial charge in [-0.15, -0.1) is 0 Å². The fourth-order valence-corrected chi connectivity index (χ4v) is 1.58. The summed E-state index contributed by atoms with van der Waals surface area (Å²) in [7, 11) is 1.18. The van der Waals surface area contributed by atoms with Gasteiger partial charge in [-0.2, -0.15) is 5.10 Å². The number of benzene rings is 1. The van der Waals surface area contributed by atoms with Crippen LogP contribution in [0.25, 0.3) is 5.69 Å². The molecule has 94 valence electrons. The number of aromatic nitrogens is 2. The Labute approximate surface area is 110 Å². The average molecular weight is 250 g/mol. The topological polar surface area (TPSA) is 64.3 Å². The van der Waals surface area contributed by atoms with Gasteiger partial charge in [-0.25, -0.2) is 9.48 Å². The zero-order valence-corrected chi connectivity index (χ0v) is 9.62. The molecular weight excluding hydrogens is 232 g/mol. The second-order valence-corrected chi connectivity index (χ2v) is 3.52. The van der Waals surface area contributed by atoms with Crippen LogP contribution >= 0.6 is 0 Å². The summed E-state index contributed by atoms with van der Waals surface area (Å²) in [6, 6.07) is 5.54. The predicted molar refractivity (Wildman–Crippen MR) is 65.5 cm³/mol. The van der Waals surface area contributed by atoms with E-state index in [-0.39, 0.29) is 16.8 Å². The van der Waals surface area contributed by atoms with Crippen molar-refractivity contribution in [3.63, 3.8) is 0 Å². The third-order valence-corrected chi connectivity index (χ3v) is 2.42. The van der Waals surface area contributed by atoms with E-state index in [9.17, 15) is 9.90 Å². The molecule has 1 unspecified atom stereocenters. The van der Waals surface area contributed by atoms with Crippen molar-refractivity contribution in [3.05, 3.63) is 47.8 Å². The Balaban J connectivity index is 2.69. The summed E-state index contributed by atoms with van der Waals surface area (Å²) in [5, 5.41) is 14.2. The van der Waals surface area contributed by atoms with Crippen molar-refractivity contribution in [3.8, 4) is 5.69 Å². The Morgan fingerprint density at radius 2 is 2.50 bits per heavy atom. The van der Waals surface area contributed by atoms with Crippen LogP contribution in [0.2, 0.25) is 0 Å². The lowest BCUT2D eigenvalue weighted by Crippen LogP contribution is -2.07. The molecule has 0 amide bonds. The van der Waals surface area contributed by atoms with Crippen molar-refractivity contribution in [2.45, 2.75) is 12.9 Å². The van der Waals surface area contributed by atoms with Gasteiger partial charge in [-0.3, -0.25) is 0 Å². The Morgan fingerprint density at radius 1 is 1.67 bits per heavy atom. The molecule has 0 fully saturated rings. The first-order chi connectivity index (χ1) is 10.2. The van der Waals surface area contributed by atoms with E-state index in [0.717, 1.165) is 6.07 Å². The minimum absolute atomic E-state index is 0.0309. The molecule has 1 N–H and O–H groups in total. The zero-order valence-electron chi connectivity index (χ0n) is 13.6. The van der Waals surface area contributed by atoms with Gasteiger partial charge >= 0.3 is 5.97 Å². The summed E-state index contributed by atoms with van der Waals surface area (Å²) in [6.45, 7) is -3.01. The molecule has 5 nitrogen and oxygen atoms in total. The van der Waals surface area contributed by atoms with Gasteiger partial charge in [0.1, 0.15) is 0 Å². The zero-order chi connectivity index (χ0) is 16.5. The lowest BCUT2D eigenvalue weighted by atomic mass is 10.0. The van der Waals surface area contributed by atoms with E-state index in [4.69, 9.17) is 5.48 Å². The third kappa shape index (κ3) is 2.26. The van der Waals surface area contributed by atoms with Gasteiger partial charge in [0.15, 0.2) is 0 Å². The Hall–Kier alpha value is -2.14. The van der Waals surface area contributed by atoms with Crippen LogP contribution in [0.5, 0.6) is 0 Å². The smallest absolute Gasteiger partial charge is 0.337 e. The summed E-state index contributed by atoms with van der Waals surface area (Å²) >= 11 is 0. The summed E-state index contributed by atoms with van der Waals surface area (Å²) in [5.41, 5.74) is -0.0475. The van der Waals surface area contributed by atoms with Gasteiger partial charge in [0.25, 0.3) is 0 Å². The van der Waals surface area contributed by atoms with E-state index in [2.05, 4.69) is 9.84 Å². The van der Waals surface area contributed by atoms with E-state index >= 15 is 0 Å². The van der Waals surface area contributed by atoms with Crippen LogP contribution in [-0.2, 0) is 4.74 Å². The number of rotatable bonds is 3. The number of ether oxygens (including phenoxy) is 1. The number of carbonyl (C=O) groups is 1. The van der Waals surface area contributed by atoms with Crippen molar-refractivity contribution >= 4 is 5.97 Å². The van der Waals surface area contributed by atoms with Crippen LogP contribution < -0.4 is 0 Å². The van der Waals surface area contributed by atoms with Crippen LogP contribution in [0.1, 0.15) is 34.3 Å². The van der Waals surface area contributed by atoms with E-state index in [1.807, 2.05) is 0 Å². The van der Waals surface area contributed by atoms with Crippen LogP contribution in [0, 0.1) is 0 Å². The maximum absolute atomic E-state index is 11.6. The van der Waals surface area contributed by atoms with Gasteiger partial charge < -0.3 is 9.84 Å². The molecule has 1 aromatic heterocycles. The number of hydrogen-bond acceptors (Lipinski definition) is 4. The standard InChI is InChI=1S/C13H14N2O3/c1-9(16)11-8-10(13(17)18-2)4-5-12(11)15-7-3-6-14-15/h3-9,16H,1-2H3/i1D3,9D. The highest BCUT2D eigenvalue weighted by atomic mass is 16.5. The van der Waals surface area contributed by atoms with E-state index < -0.39 is 18.9 Å². The summed E-state index contributed by atoms with van der Waals surface area (Å²) in [5.74, 6) is -0.699. The maximum atomic E-state index is 11.6. The monoisotopic (exact) mass is 250 g/mol. The minimum Gasteiger partial charge on any atom is -0.465 e. The SMILES string of the molecule is [2H]C([2H])([2H])C([2H])(O)c1cc(C(=O)OC)ccc1-n1cccn1. The summed E-state index contributed by atoms with van der Waals surface area (Å²) < 4.78 is 35.8. The lowest BCUT2D eigenvalue weighted by molar-refractivity contribution is 0.0600. The van der Waals surface area contributed by atoms with Crippen LogP contribution in [0.3, 0.4) is 0 Å². The number of methoxy groups -OCH3 is 1. The molecule has 1 aromatic carbocycles. The number of aliphatic hydroxyl groups is 1. The average Bonchev–Trinajstić information content (AvgIpc) is 2.98. The lowest BCUT2D eigenvalue weighted by Gasteiger charge is -2.13. The van der Waals surface area contributed by atoms with E-state index in [0.29, 0.717) is 0 Å². The fraction of sp³-hybridized carbons (Fsp3) is 0.231. The minimum atomic E-state index is -3.01. The number of esters is 1. The van der Waals surface area contributed by atoms with Crippen molar-refractivity contribution in [1.29, 1.82) is 0 Å². The van der Waals surface area contributed by atoms with E-state index in [1.54, 1.807) is 6.07 Å². The largest absolute Gasteiger partial charge is 0.465 e. The van der Waals surface area contributed by atoms with Crippen molar-refractivity contribution in [1.82, 2.24) is 9.78 Å². The second kappa shape index (κ2) is 5.01. The molecule has 0 saturated carbocycles. The maximum Gasteiger partial charge on any atom is 0.337 e. The summed E-state index contributed by atoms with van der Waals surface area (Å²) in [4.78, 5) is 11.6. The van der Waals surface area contributed by atoms with Crippen molar-refractivity contribution in [2.75, 3.05) is 7.11 Å². The first-order valence-electron chi connectivity index (χ1n) is 7.13. The van der Waals surface area contributed by atoms with Gasteiger partial charge in [0.2, 0.25) is 0 Å². The highest BCUT2D eigenvalue weighted by Crippen LogP contribution is 2.23. The van der Waals surface area contributed by atoms with Crippen molar-refractivity contribution in [2.24, 2.45) is 0 Å². The predicted octanol–water partition coefficient (Wildman–Crippen LogP) is 1.71. The molecule has 2 rings (SSSR count). The molecule has 5 heteroatoms. The fourth-order valence-electron chi connectivity index (χ4n) is 1.58. The van der Waals surface area contributed by atoms with Gasteiger partial charge in [0, 0.05) is 22.1 Å². The molecule has 0 aliphatic rings. The van der Waals surface area contributed by atoms with Crippen LogP contribution in [0.15, 0.2) is 36.7 Å². The normalized spacial score (nSPS) is 17.9. The van der Waals surface area contributed by atoms with Crippen molar-refractivity contribution < 1.29 is 20.1 Å². The molecule has 0 aliphatic heterocycles. The molecule has 1 atom stereocenters. The van der Waals surface area contributed by atoms with Gasteiger partial charge in [0.05, 0.1) is 25.8 Å². The molecule has 0 saturated heterocycles. The molecular formula is C13H14N2O3. The summed E-state index contributed by atoms with van der Waals surface area (Å²) in [6.07, 6.45) is 0.0981. The molecule has 2 aromatic rings. The Kier molecular flexibility index (Phi) is 2.24. The highest BCUT2D eigenvalue weighted by Gasteiger charge is 2.14. The number of nitrogens with zero attached hydrogens (tertiary/aromatic N) is 2. The van der Waals surface area contributed by atoms with Crippen LogP contribution in [0.4, 0.5) is 0 Å². The molecule has 0 bridgehead atoms.